The standard InChI is InChI=1S/C18H25NOS/c1-13-7-8-15-16(12-21-17(15)11-13)18(20)19-10-9-14-5-3-2-4-6-14/h5,12-13H,2-4,6-11H2,1H3,(H,19,20)/t13-/m0/s1. The monoisotopic (exact) mass is 303 g/mol. The molecule has 2 aliphatic carbocycles. The lowest BCUT2D eigenvalue weighted by Crippen LogP contribution is -2.26. The van der Waals surface area contributed by atoms with Crippen LogP contribution in [0.3, 0.4) is 0 Å². The highest BCUT2D eigenvalue weighted by atomic mass is 32.1. The summed E-state index contributed by atoms with van der Waals surface area (Å²) in [6.07, 6.45) is 11.9. The molecular formula is C18H25NOS. The van der Waals surface area contributed by atoms with Crippen molar-refractivity contribution in [1.29, 1.82) is 0 Å². The minimum Gasteiger partial charge on any atom is -0.352 e. The van der Waals surface area contributed by atoms with Crippen molar-refractivity contribution in [2.45, 2.75) is 58.3 Å². The Bertz CT molecular complexity index is 543. The average molecular weight is 303 g/mol. The van der Waals surface area contributed by atoms with Gasteiger partial charge < -0.3 is 5.32 Å². The van der Waals surface area contributed by atoms with Crippen LogP contribution in [-0.2, 0) is 12.8 Å². The smallest absolute Gasteiger partial charge is 0.252 e. The molecule has 3 heteroatoms. The van der Waals surface area contributed by atoms with Crippen molar-refractivity contribution in [3.05, 3.63) is 33.0 Å². The zero-order valence-corrected chi connectivity index (χ0v) is 13.7. The lowest BCUT2D eigenvalue weighted by Gasteiger charge is -2.19. The van der Waals surface area contributed by atoms with Crippen molar-refractivity contribution < 1.29 is 4.79 Å². The highest BCUT2D eigenvalue weighted by Crippen LogP contribution is 2.32. The van der Waals surface area contributed by atoms with Crippen LogP contribution < -0.4 is 5.32 Å². The Morgan fingerprint density at radius 1 is 1.38 bits per heavy atom. The van der Waals surface area contributed by atoms with Crippen LogP contribution in [0.15, 0.2) is 17.0 Å². The molecule has 0 unspecified atom stereocenters. The van der Waals surface area contributed by atoms with Crippen LogP contribution >= 0.6 is 11.3 Å². The van der Waals surface area contributed by atoms with Crippen LogP contribution in [0, 0.1) is 5.92 Å². The van der Waals surface area contributed by atoms with E-state index in [1.165, 1.54) is 48.1 Å². The number of nitrogens with one attached hydrogen (secondary N) is 1. The normalized spacial score (nSPS) is 21.6. The van der Waals surface area contributed by atoms with Crippen molar-refractivity contribution in [1.82, 2.24) is 5.32 Å². The molecule has 1 heterocycles. The predicted molar refractivity (Wildman–Crippen MR) is 89.0 cm³/mol. The summed E-state index contributed by atoms with van der Waals surface area (Å²) in [5.41, 5.74) is 3.80. The van der Waals surface area contributed by atoms with Crippen molar-refractivity contribution in [2.24, 2.45) is 5.92 Å². The first-order valence-electron chi connectivity index (χ1n) is 8.29. The number of allylic oxidation sites excluding steroid dienone is 1. The zero-order chi connectivity index (χ0) is 14.7. The van der Waals surface area contributed by atoms with E-state index in [-0.39, 0.29) is 5.91 Å². The summed E-state index contributed by atoms with van der Waals surface area (Å²) in [4.78, 5) is 13.8. The third kappa shape index (κ3) is 3.57. The molecule has 3 rings (SSSR count). The van der Waals surface area contributed by atoms with Gasteiger partial charge in [-0.2, -0.15) is 0 Å². The van der Waals surface area contributed by atoms with E-state index in [2.05, 4.69) is 23.7 Å². The molecule has 2 nitrogen and oxygen atoms in total. The summed E-state index contributed by atoms with van der Waals surface area (Å²) in [5.74, 6) is 0.906. The molecule has 1 N–H and O–H groups in total. The van der Waals surface area contributed by atoms with Crippen LogP contribution in [0.4, 0.5) is 0 Å². The number of carbonyl (C=O) groups excluding carboxylic acids is 1. The number of hydrogen-bond donors (Lipinski definition) is 1. The van der Waals surface area contributed by atoms with Crippen molar-refractivity contribution in [3.8, 4) is 0 Å². The van der Waals surface area contributed by atoms with Crippen LogP contribution in [0.1, 0.15) is 66.2 Å². The molecule has 0 bridgehead atoms. The summed E-state index contributed by atoms with van der Waals surface area (Å²) < 4.78 is 0. The van der Waals surface area contributed by atoms with E-state index in [1.807, 2.05) is 0 Å². The summed E-state index contributed by atoms with van der Waals surface area (Å²) >= 11 is 1.77. The Balaban J connectivity index is 1.55. The molecular weight excluding hydrogens is 278 g/mol. The van der Waals surface area contributed by atoms with E-state index < -0.39 is 0 Å². The third-order valence-electron chi connectivity index (χ3n) is 4.76. The van der Waals surface area contributed by atoms with Crippen LogP contribution in [0.2, 0.25) is 0 Å². The second-order valence-electron chi connectivity index (χ2n) is 6.51. The minimum absolute atomic E-state index is 0.137. The third-order valence-corrected chi connectivity index (χ3v) is 5.81. The first-order valence-corrected chi connectivity index (χ1v) is 9.17. The van der Waals surface area contributed by atoms with Gasteiger partial charge in [0.2, 0.25) is 0 Å². The van der Waals surface area contributed by atoms with Crippen molar-refractivity contribution in [3.63, 3.8) is 0 Å². The zero-order valence-electron chi connectivity index (χ0n) is 12.9. The Morgan fingerprint density at radius 2 is 2.29 bits per heavy atom. The highest BCUT2D eigenvalue weighted by molar-refractivity contribution is 7.10. The topological polar surface area (TPSA) is 29.1 Å². The summed E-state index contributed by atoms with van der Waals surface area (Å²) in [6.45, 7) is 3.09. The molecule has 0 aromatic carbocycles. The molecule has 0 saturated carbocycles. The molecule has 1 atom stereocenters. The van der Waals surface area contributed by atoms with Gasteiger partial charge in [0, 0.05) is 16.8 Å². The van der Waals surface area contributed by atoms with Crippen molar-refractivity contribution >= 4 is 17.2 Å². The van der Waals surface area contributed by atoms with E-state index in [0.29, 0.717) is 0 Å². The predicted octanol–water partition coefficient (Wildman–Crippen LogP) is 4.49. The Hall–Kier alpha value is -1.09. The van der Waals surface area contributed by atoms with Gasteiger partial charge in [0.15, 0.2) is 0 Å². The maximum absolute atomic E-state index is 12.4. The maximum atomic E-state index is 12.4. The van der Waals surface area contributed by atoms with Gasteiger partial charge in [-0.1, -0.05) is 18.6 Å². The number of hydrogen-bond acceptors (Lipinski definition) is 2. The molecule has 2 aliphatic rings. The van der Waals surface area contributed by atoms with Gasteiger partial charge in [0.1, 0.15) is 0 Å². The van der Waals surface area contributed by atoms with Gasteiger partial charge in [0.05, 0.1) is 5.56 Å². The summed E-state index contributed by atoms with van der Waals surface area (Å²) in [6, 6.07) is 0. The number of amides is 1. The maximum Gasteiger partial charge on any atom is 0.252 e. The molecule has 1 amide bonds. The number of rotatable bonds is 4. The van der Waals surface area contributed by atoms with Gasteiger partial charge in [-0.3, -0.25) is 4.79 Å². The van der Waals surface area contributed by atoms with Crippen LogP contribution in [0.5, 0.6) is 0 Å². The average Bonchev–Trinajstić information content (AvgIpc) is 2.91. The van der Waals surface area contributed by atoms with Gasteiger partial charge in [-0.15, -0.1) is 11.3 Å². The van der Waals surface area contributed by atoms with Gasteiger partial charge in [-0.05, 0) is 62.8 Å². The van der Waals surface area contributed by atoms with Crippen molar-refractivity contribution in [2.75, 3.05) is 6.54 Å². The number of thiophene rings is 1. The molecule has 0 aliphatic heterocycles. The number of fused-ring (bicyclic) bond motifs is 1. The largest absolute Gasteiger partial charge is 0.352 e. The SMILES string of the molecule is C[C@H]1CCc2c(C(=O)NCCC3=CCCCC3)csc2C1. The molecule has 0 spiro atoms. The first-order chi connectivity index (χ1) is 10.2. The summed E-state index contributed by atoms with van der Waals surface area (Å²) in [7, 11) is 0. The van der Waals surface area contributed by atoms with E-state index >= 15 is 0 Å². The fourth-order valence-electron chi connectivity index (χ4n) is 3.43. The Kier molecular flexibility index (Phi) is 4.79. The fraction of sp³-hybridized carbons (Fsp3) is 0.611. The van der Waals surface area contributed by atoms with Gasteiger partial charge in [0.25, 0.3) is 5.91 Å². The lowest BCUT2D eigenvalue weighted by molar-refractivity contribution is 0.0953. The lowest BCUT2D eigenvalue weighted by atomic mass is 9.88. The Labute approximate surface area is 131 Å². The highest BCUT2D eigenvalue weighted by Gasteiger charge is 2.22. The molecule has 1 aromatic heterocycles. The molecule has 114 valence electrons. The first kappa shape index (κ1) is 14.8. The van der Waals surface area contributed by atoms with Gasteiger partial charge in [-0.25, -0.2) is 0 Å². The fourth-order valence-corrected chi connectivity index (χ4v) is 4.68. The summed E-state index contributed by atoms with van der Waals surface area (Å²) in [5, 5.41) is 5.19. The minimum atomic E-state index is 0.137. The molecule has 0 radical (unpaired) electrons. The van der Waals surface area contributed by atoms with Crippen LogP contribution in [-0.4, -0.2) is 12.5 Å². The van der Waals surface area contributed by atoms with E-state index in [4.69, 9.17) is 0 Å². The van der Waals surface area contributed by atoms with E-state index in [9.17, 15) is 4.79 Å². The van der Waals surface area contributed by atoms with E-state index in [0.717, 1.165) is 37.3 Å². The van der Waals surface area contributed by atoms with Crippen LogP contribution in [0.25, 0.3) is 0 Å². The second-order valence-corrected chi connectivity index (χ2v) is 7.48. The number of carbonyl (C=O) groups is 1. The van der Waals surface area contributed by atoms with Gasteiger partial charge >= 0.3 is 0 Å². The molecule has 1 aromatic rings. The Morgan fingerprint density at radius 3 is 3.10 bits per heavy atom. The quantitative estimate of drug-likeness (QED) is 0.816. The van der Waals surface area contributed by atoms with E-state index in [1.54, 1.807) is 11.3 Å². The molecule has 0 fully saturated rings. The molecule has 21 heavy (non-hydrogen) atoms. The molecule has 0 saturated heterocycles. The second kappa shape index (κ2) is 6.78.